The second-order valence-corrected chi connectivity index (χ2v) is 10.1. The molecule has 3 aromatic carbocycles. The zero-order chi connectivity index (χ0) is 28.0. The second-order valence-electron chi connectivity index (χ2n) is 10.1. The highest BCUT2D eigenvalue weighted by Gasteiger charge is 2.36. The molecule has 0 heterocycles. The Hall–Kier alpha value is -3.72. The van der Waals surface area contributed by atoms with Gasteiger partial charge in [-0.05, 0) is 111 Å². The van der Waals surface area contributed by atoms with E-state index in [4.69, 9.17) is 14.2 Å². The first-order valence-electron chi connectivity index (χ1n) is 13.2. The SMILES string of the molecule is C=CCOc1ccc(C(C)(c2cc(C)c(OCC=C)c(C)c2C)c2cc(C)c(OCC=C)c(C)c2C)cc1. The summed E-state index contributed by atoms with van der Waals surface area (Å²) in [5.74, 6) is 2.68. The van der Waals surface area contributed by atoms with E-state index in [9.17, 15) is 0 Å². The lowest BCUT2D eigenvalue weighted by atomic mass is 9.67. The monoisotopic (exact) mass is 510 g/mol. The van der Waals surface area contributed by atoms with Gasteiger partial charge in [-0.15, -0.1) is 0 Å². The topological polar surface area (TPSA) is 27.7 Å². The largest absolute Gasteiger partial charge is 0.490 e. The molecule has 0 radical (unpaired) electrons. The Labute approximate surface area is 229 Å². The molecule has 0 saturated heterocycles. The highest BCUT2D eigenvalue weighted by Crippen LogP contribution is 2.47. The third-order valence-corrected chi connectivity index (χ3v) is 7.62. The van der Waals surface area contributed by atoms with E-state index in [2.05, 4.69) is 92.5 Å². The van der Waals surface area contributed by atoms with Gasteiger partial charge < -0.3 is 14.2 Å². The molecule has 0 saturated carbocycles. The number of hydrogen-bond acceptors (Lipinski definition) is 3. The zero-order valence-corrected chi connectivity index (χ0v) is 24.2. The molecule has 0 spiro atoms. The summed E-state index contributed by atoms with van der Waals surface area (Å²) in [4.78, 5) is 0. The molecule has 3 rings (SSSR count). The van der Waals surface area contributed by atoms with Crippen molar-refractivity contribution in [2.45, 2.75) is 53.9 Å². The molecule has 0 atom stereocenters. The Morgan fingerprint density at radius 2 is 1.00 bits per heavy atom. The van der Waals surface area contributed by atoms with Crippen LogP contribution in [0.15, 0.2) is 74.4 Å². The fourth-order valence-electron chi connectivity index (χ4n) is 5.38. The molecule has 0 aliphatic rings. The third-order valence-electron chi connectivity index (χ3n) is 7.62. The maximum Gasteiger partial charge on any atom is 0.125 e. The maximum absolute atomic E-state index is 6.08. The van der Waals surface area contributed by atoms with Gasteiger partial charge >= 0.3 is 0 Å². The van der Waals surface area contributed by atoms with Crippen LogP contribution in [0.5, 0.6) is 17.2 Å². The van der Waals surface area contributed by atoms with Crippen molar-refractivity contribution in [3.8, 4) is 17.2 Å². The summed E-state index contributed by atoms with van der Waals surface area (Å²) in [6.45, 7) is 28.1. The lowest BCUT2D eigenvalue weighted by Gasteiger charge is -2.37. The molecular formula is C35H42O3. The van der Waals surface area contributed by atoms with Crippen LogP contribution in [0.3, 0.4) is 0 Å². The van der Waals surface area contributed by atoms with Gasteiger partial charge in [0.1, 0.15) is 37.1 Å². The van der Waals surface area contributed by atoms with E-state index >= 15 is 0 Å². The van der Waals surface area contributed by atoms with E-state index in [0.29, 0.717) is 19.8 Å². The Morgan fingerprint density at radius 3 is 1.39 bits per heavy atom. The van der Waals surface area contributed by atoms with Crippen molar-refractivity contribution in [2.24, 2.45) is 0 Å². The van der Waals surface area contributed by atoms with E-state index in [-0.39, 0.29) is 0 Å². The first kappa shape index (κ1) is 28.8. The normalized spacial score (nSPS) is 11.1. The molecule has 0 amide bonds. The Morgan fingerprint density at radius 1 is 0.605 bits per heavy atom. The Balaban J connectivity index is 2.34. The predicted octanol–water partition coefficient (Wildman–Crippen LogP) is 8.59. The van der Waals surface area contributed by atoms with Crippen molar-refractivity contribution in [3.05, 3.63) is 124 Å². The van der Waals surface area contributed by atoms with Crippen LogP contribution < -0.4 is 14.2 Å². The van der Waals surface area contributed by atoms with Gasteiger partial charge in [-0.2, -0.15) is 0 Å². The van der Waals surface area contributed by atoms with Crippen molar-refractivity contribution in [1.82, 2.24) is 0 Å². The van der Waals surface area contributed by atoms with Gasteiger partial charge in [-0.1, -0.05) is 62.2 Å². The van der Waals surface area contributed by atoms with Crippen LogP contribution in [0.4, 0.5) is 0 Å². The molecule has 0 aliphatic carbocycles. The summed E-state index contributed by atoms with van der Waals surface area (Å²) in [5, 5.41) is 0. The van der Waals surface area contributed by atoms with Gasteiger partial charge in [0.15, 0.2) is 0 Å². The molecular weight excluding hydrogens is 468 g/mol. The summed E-state index contributed by atoms with van der Waals surface area (Å²) < 4.78 is 18.0. The highest BCUT2D eigenvalue weighted by molar-refractivity contribution is 5.63. The highest BCUT2D eigenvalue weighted by atomic mass is 16.5. The molecule has 38 heavy (non-hydrogen) atoms. The first-order valence-corrected chi connectivity index (χ1v) is 13.2. The molecule has 0 N–H and O–H groups in total. The molecule has 0 fully saturated rings. The summed E-state index contributed by atoms with van der Waals surface area (Å²) in [7, 11) is 0. The summed E-state index contributed by atoms with van der Waals surface area (Å²) in [6.07, 6.45) is 5.33. The quantitative estimate of drug-likeness (QED) is 0.180. The van der Waals surface area contributed by atoms with Crippen LogP contribution in [0.25, 0.3) is 0 Å². The van der Waals surface area contributed by atoms with Gasteiger partial charge in [0.05, 0.1) is 0 Å². The summed E-state index contributed by atoms with van der Waals surface area (Å²) in [6, 6.07) is 13.0. The minimum absolute atomic E-state index is 0.440. The minimum atomic E-state index is -0.440. The fourth-order valence-corrected chi connectivity index (χ4v) is 5.38. The van der Waals surface area contributed by atoms with E-state index in [1.54, 1.807) is 18.2 Å². The first-order chi connectivity index (χ1) is 18.1. The van der Waals surface area contributed by atoms with Crippen molar-refractivity contribution in [2.75, 3.05) is 19.8 Å². The number of ether oxygens (including phenoxy) is 3. The Kier molecular flexibility index (Phi) is 9.27. The van der Waals surface area contributed by atoms with Crippen LogP contribution in [-0.2, 0) is 5.41 Å². The molecule has 0 unspecified atom stereocenters. The molecule has 0 aromatic heterocycles. The van der Waals surface area contributed by atoms with Crippen molar-refractivity contribution in [3.63, 3.8) is 0 Å². The fraction of sp³-hybridized carbons (Fsp3) is 0.314. The van der Waals surface area contributed by atoms with E-state index < -0.39 is 5.41 Å². The average molecular weight is 511 g/mol. The standard InChI is InChI=1S/C35H42O3/c1-11-18-36-30-16-14-29(15-17-30)35(10,31-21-23(4)33(37-19-12-2)27(8)25(31)6)32-22-24(5)34(38-20-13-3)28(9)26(32)7/h11-17,21-22H,1-3,18-20H2,4-10H3. The van der Waals surface area contributed by atoms with Crippen LogP contribution in [0.1, 0.15) is 57.0 Å². The van der Waals surface area contributed by atoms with Crippen molar-refractivity contribution >= 4 is 0 Å². The predicted molar refractivity (Wildman–Crippen MR) is 160 cm³/mol. The van der Waals surface area contributed by atoms with Gasteiger partial charge in [-0.3, -0.25) is 0 Å². The summed E-state index contributed by atoms with van der Waals surface area (Å²) >= 11 is 0. The van der Waals surface area contributed by atoms with Gasteiger partial charge in [0.2, 0.25) is 0 Å². The molecule has 0 bridgehead atoms. The molecule has 200 valence electrons. The van der Waals surface area contributed by atoms with Crippen LogP contribution in [-0.4, -0.2) is 19.8 Å². The number of aryl methyl sites for hydroxylation is 2. The molecule has 3 aromatic rings. The summed E-state index contributed by atoms with van der Waals surface area (Å²) in [5.41, 5.74) is 10.2. The van der Waals surface area contributed by atoms with Crippen LogP contribution in [0, 0.1) is 41.5 Å². The van der Waals surface area contributed by atoms with E-state index in [1.807, 2.05) is 12.1 Å². The van der Waals surface area contributed by atoms with Crippen molar-refractivity contribution < 1.29 is 14.2 Å². The Bertz CT molecular complexity index is 1260. The molecule has 3 nitrogen and oxygen atoms in total. The number of rotatable bonds is 12. The van der Waals surface area contributed by atoms with E-state index in [0.717, 1.165) is 39.5 Å². The van der Waals surface area contributed by atoms with Gasteiger partial charge in [-0.25, -0.2) is 0 Å². The minimum Gasteiger partial charge on any atom is -0.490 e. The maximum atomic E-state index is 6.08. The molecule has 3 heteroatoms. The smallest absolute Gasteiger partial charge is 0.125 e. The second kappa shape index (κ2) is 12.2. The van der Waals surface area contributed by atoms with Gasteiger partial charge in [0, 0.05) is 5.41 Å². The molecule has 0 aliphatic heterocycles. The van der Waals surface area contributed by atoms with Crippen molar-refractivity contribution in [1.29, 1.82) is 0 Å². The number of benzene rings is 3. The number of hydrogen-bond donors (Lipinski definition) is 0. The van der Waals surface area contributed by atoms with Crippen LogP contribution in [0.2, 0.25) is 0 Å². The third kappa shape index (κ3) is 5.43. The lowest BCUT2D eigenvalue weighted by molar-refractivity contribution is 0.357. The van der Waals surface area contributed by atoms with E-state index in [1.165, 1.54) is 27.8 Å². The van der Waals surface area contributed by atoms with Crippen LogP contribution >= 0.6 is 0 Å². The van der Waals surface area contributed by atoms with Gasteiger partial charge in [0.25, 0.3) is 0 Å². The lowest BCUT2D eigenvalue weighted by Crippen LogP contribution is -2.29. The average Bonchev–Trinajstić information content (AvgIpc) is 2.91. The zero-order valence-electron chi connectivity index (χ0n) is 24.2.